The number of carbonyl (C=O) groups excluding carboxylic acids is 2. The Kier molecular flexibility index (Phi) is 5.57. The maximum Gasteiger partial charge on any atom is 0.291 e. The summed E-state index contributed by atoms with van der Waals surface area (Å²) in [7, 11) is 0. The molecule has 4 N–H and O–H groups in total. The third kappa shape index (κ3) is 4.67. The number of ether oxygens (including phenoxy) is 1. The zero-order valence-corrected chi connectivity index (χ0v) is 16.5. The van der Waals surface area contributed by atoms with E-state index < -0.39 is 11.8 Å². The van der Waals surface area contributed by atoms with Crippen molar-refractivity contribution in [2.24, 2.45) is 5.73 Å². The van der Waals surface area contributed by atoms with Gasteiger partial charge in [0.25, 0.3) is 5.91 Å². The molecule has 0 atom stereocenters. The Hall–Kier alpha value is -4.26. The molecule has 0 aliphatic rings. The van der Waals surface area contributed by atoms with Crippen molar-refractivity contribution in [3.05, 3.63) is 89.7 Å². The van der Waals surface area contributed by atoms with E-state index in [1.54, 1.807) is 42.5 Å². The lowest BCUT2D eigenvalue weighted by molar-refractivity contribution is 0.0992. The molecule has 0 saturated carbocycles. The van der Waals surface area contributed by atoms with Gasteiger partial charge in [0, 0.05) is 17.4 Å². The van der Waals surface area contributed by atoms with Gasteiger partial charge in [0.1, 0.15) is 17.1 Å². The van der Waals surface area contributed by atoms with Crippen LogP contribution in [0.25, 0.3) is 11.0 Å². The zero-order chi connectivity index (χ0) is 21.8. The van der Waals surface area contributed by atoms with E-state index >= 15 is 0 Å². The number of carbonyl (C=O) groups is 2. The molecular formula is C24H20N2O5. The lowest BCUT2D eigenvalue weighted by atomic mass is 10.1. The summed E-state index contributed by atoms with van der Waals surface area (Å²) in [4.78, 5) is 24.3. The Morgan fingerprint density at radius 3 is 2.52 bits per heavy atom. The molecule has 0 spiro atoms. The molecule has 1 aromatic heterocycles. The molecule has 0 unspecified atom stereocenters. The predicted octanol–water partition coefficient (Wildman–Crippen LogP) is 4.11. The molecule has 7 heteroatoms. The van der Waals surface area contributed by atoms with Crippen molar-refractivity contribution in [1.82, 2.24) is 0 Å². The Balaban J connectivity index is 1.52. The first-order chi connectivity index (χ1) is 15.0. The molecule has 0 fully saturated rings. The molecule has 4 aromatic rings. The molecule has 2 amide bonds. The average Bonchev–Trinajstić information content (AvgIpc) is 3.20. The second-order valence-corrected chi connectivity index (χ2v) is 6.94. The molecule has 0 bridgehead atoms. The van der Waals surface area contributed by atoms with Crippen LogP contribution in [0, 0.1) is 0 Å². The second kappa shape index (κ2) is 8.62. The van der Waals surface area contributed by atoms with Crippen LogP contribution in [-0.2, 0) is 6.42 Å². The lowest BCUT2D eigenvalue weighted by Gasteiger charge is -2.13. The molecule has 0 saturated heterocycles. The SMILES string of the molecule is NC(=O)c1ccc(NC(=O)c2cc3ccccc3o2)c(OCCc2ccc(O)cc2)c1. The smallest absolute Gasteiger partial charge is 0.291 e. The molecule has 31 heavy (non-hydrogen) atoms. The third-order valence-corrected chi connectivity index (χ3v) is 4.75. The van der Waals surface area contributed by atoms with Crippen LogP contribution in [-0.4, -0.2) is 23.5 Å². The number of amides is 2. The van der Waals surface area contributed by atoms with Crippen LogP contribution in [0.5, 0.6) is 11.5 Å². The van der Waals surface area contributed by atoms with Gasteiger partial charge in [0.2, 0.25) is 5.91 Å². The Labute approximate surface area is 178 Å². The molecule has 3 aromatic carbocycles. The number of primary amides is 1. The lowest BCUT2D eigenvalue weighted by Crippen LogP contribution is -2.15. The van der Waals surface area contributed by atoms with E-state index in [1.165, 1.54) is 12.1 Å². The maximum absolute atomic E-state index is 12.7. The number of benzene rings is 3. The zero-order valence-electron chi connectivity index (χ0n) is 16.5. The topological polar surface area (TPSA) is 115 Å². The summed E-state index contributed by atoms with van der Waals surface area (Å²) >= 11 is 0. The van der Waals surface area contributed by atoms with Crippen molar-refractivity contribution in [2.45, 2.75) is 6.42 Å². The summed E-state index contributed by atoms with van der Waals surface area (Å²) in [6.45, 7) is 0.292. The number of nitrogens with one attached hydrogen (secondary N) is 1. The third-order valence-electron chi connectivity index (χ3n) is 4.75. The minimum atomic E-state index is -0.599. The summed E-state index contributed by atoms with van der Waals surface area (Å²) in [6.07, 6.45) is 0.567. The number of phenols is 1. The van der Waals surface area contributed by atoms with E-state index in [2.05, 4.69) is 5.32 Å². The van der Waals surface area contributed by atoms with Crippen LogP contribution < -0.4 is 15.8 Å². The largest absolute Gasteiger partial charge is 0.508 e. The predicted molar refractivity (Wildman–Crippen MR) is 116 cm³/mol. The summed E-state index contributed by atoms with van der Waals surface area (Å²) < 4.78 is 11.4. The number of para-hydroxylation sites is 1. The average molecular weight is 416 g/mol. The van der Waals surface area contributed by atoms with Crippen LogP contribution in [0.15, 0.2) is 77.2 Å². The molecular weight excluding hydrogens is 396 g/mol. The number of nitrogens with two attached hydrogens (primary N) is 1. The van der Waals surface area contributed by atoms with E-state index in [1.807, 2.05) is 18.2 Å². The van der Waals surface area contributed by atoms with E-state index in [-0.39, 0.29) is 17.1 Å². The van der Waals surface area contributed by atoms with Crippen molar-refractivity contribution in [3.8, 4) is 11.5 Å². The summed E-state index contributed by atoms with van der Waals surface area (Å²) in [5.41, 5.74) is 7.62. The van der Waals surface area contributed by atoms with Gasteiger partial charge in [-0.05, 0) is 48.0 Å². The van der Waals surface area contributed by atoms with Gasteiger partial charge in [-0.2, -0.15) is 0 Å². The Bertz CT molecular complexity index is 1210. The van der Waals surface area contributed by atoms with E-state index in [0.29, 0.717) is 30.0 Å². The van der Waals surface area contributed by atoms with Gasteiger partial charge >= 0.3 is 0 Å². The van der Waals surface area contributed by atoms with Crippen LogP contribution in [0.2, 0.25) is 0 Å². The van der Waals surface area contributed by atoms with Gasteiger partial charge in [0.05, 0.1) is 12.3 Å². The highest BCUT2D eigenvalue weighted by Crippen LogP contribution is 2.28. The molecule has 0 radical (unpaired) electrons. The number of fused-ring (bicyclic) bond motifs is 1. The van der Waals surface area contributed by atoms with Crippen molar-refractivity contribution in [2.75, 3.05) is 11.9 Å². The first-order valence-electron chi connectivity index (χ1n) is 9.64. The summed E-state index contributed by atoms with van der Waals surface area (Å²) in [6, 6.07) is 20.4. The van der Waals surface area contributed by atoms with Crippen LogP contribution in [0.3, 0.4) is 0 Å². The minimum Gasteiger partial charge on any atom is -0.508 e. The molecule has 0 aliphatic heterocycles. The monoisotopic (exact) mass is 416 g/mol. The van der Waals surface area contributed by atoms with E-state index in [4.69, 9.17) is 14.9 Å². The minimum absolute atomic E-state index is 0.162. The van der Waals surface area contributed by atoms with Crippen molar-refractivity contribution in [3.63, 3.8) is 0 Å². The molecule has 1 heterocycles. The summed E-state index contributed by atoms with van der Waals surface area (Å²) in [5, 5.41) is 13.0. The van der Waals surface area contributed by atoms with Crippen molar-refractivity contribution < 1.29 is 23.8 Å². The number of aromatic hydroxyl groups is 1. The Morgan fingerprint density at radius 1 is 1.00 bits per heavy atom. The van der Waals surface area contributed by atoms with E-state index in [9.17, 15) is 14.7 Å². The summed E-state index contributed by atoms with van der Waals surface area (Å²) in [5.74, 6) is -0.367. The number of anilines is 1. The number of phenolic OH excluding ortho intramolecular Hbond substituents is 1. The molecule has 156 valence electrons. The van der Waals surface area contributed by atoms with Crippen LogP contribution in [0.4, 0.5) is 5.69 Å². The van der Waals surface area contributed by atoms with Gasteiger partial charge in [-0.3, -0.25) is 9.59 Å². The highest BCUT2D eigenvalue weighted by Gasteiger charge is 2.16. The number of furan rings is 1. The Morgan fingerprint density at radius 2 is 1.77 bits per heavy atom. The number of rotatable bonds is 7. The fourth-order valence-electron chi connectivity index (χ4n) is 3.12. The molecule has 0 aliphatic carbocycles. The fourth-order valence-corrected chi connectivity index (χ4v) is 3.12. The molecule has 7 nitrogen and oxygen atoms in total. The highest BCUT2D eigenvalue weighted by molar-refractivity contribution is 6.05. The fraction of sp³-hybridized carbons (Fsp3) is 0.0833. The van der Waals surface area contributed by atoms with Gasteiger partial charge in [0.15, 0.2) is 5.76 Å². The van der Waals surface area contributed by atoms with Crippen LogP contribution >= 0.6 is 0 Å². The standard InChI is InChI=1S/C24H20N2O5/c25-23(28)17-7-10-19(21(14-17)30-12-11-15-5-8-18(27)9-6-15)26-24(29)22-13-16-3-1-2-4-20(16)31-22/h1-10,13-14,27H,11-12H2,(H2,25,28)(H,26,29). The van der Waals surface area contributed by atoms with Gasteiger partial charge in [-0.1, -0.05) is 30.3 Å². The molecule has 4 rings (SSSR count). The number of hydrogen-bond acceptors (Lipinski definition) is 5. The van der Waals surface area contributed by atoms with Gasteiger partial charge in [-0.25, -0.2) is 0 Å². The first kappa shape index (κ1) is 20.0. The van der Waals surface area contributed by atoms with Crippen LogP contribution in [0.1, 0.15) is 26.5 Å². The van der Waals surface area contributed by atoms with Gasteiger partial charge in [-0.15, -0.1) is 0 Å². The van der Waals surface area contributed by atoms with Gasteiger partial charge < -0.3 is 25.3 Å². The second-order valence-electron chi connectivity index (χ2n) is 6.94. The van der Waals surface area contributed by atoms with E-state index in [0.717, 1.165) is 10.9 Å². The quantitative estimate of drug-likeness (QED) is 0.419. The number of hydrogen-bond donors (Lipinski definition) is 3. The first-order valence-corrected chi connectivity index (χ1v) is 9.64. The maximum atomic E-state index is 12.7. The van der Waals surface area contributed by atoms with Crippen molar-refractivity contribution in [1.29, 1.82) is 0 Å². The normalized spacial score (nSPS) is 10.7. The highest BCUT2D eigenvalue weighted by atomic mass is 16.5. The van der Waals surface area contributed by atoms with Crippen molar-refractivity contribution >= 4 is 28.5 Å².